The molecule has 1 heterocycles. The van der Waals surface area contributed by atoms with Gasteiger partial charge in [0.05, 0.1) is 5.52 Å². The predicted molar refractivity (Wildman–Crippen MR) is 65.8 cm³/mol. The lowest BCUT2D eigenvalue weighted by atomic mass is 10.1. The molecule has 1 aromatic heterocycles. The zero-order chi connectivity index (χ0) is 10.7. The number of hydrogen-bond donors (Lipinski definition) is 2. The van der Waals surface area contributed by atoms with E-state index in [1.54, 1.807) is 0 Å². The van der Waals surface area contributed by atoms with Crippen molar-refractivity contribution >= 4 is 26.8 Å². The molecule has 0 aliphatic carbocycles. The van der Waals surface area contributed by atoms with E-state index in [1.807, 2.05) is 0 Å². The molecule has 2 aromatic rings. The van der Waals surface area contributed by atoms with Gasteiger partial charge in [-0.2, -0.15) is 5.10 Å². The van der Waals surface area contributed by atoms with Gasteiger partial charge >= 0.3 is 0 Å². The lowest BCUT2D eigenvalue weighted by Gasteiger charge is -2.01. The van der Waals surface area contributed by atoms with Crippen LogP contribution in [0.3, 0.4) is 0 Å². The highest BCUT2D eigenvalue weighted by atomic mass is 79.9. The Hall–Kier alpha value is -0.870. The molecular weight excluding hydrogens is 254 g/mol. The quantitative estimate of drug-likeness (QED) is 0.837. The first-order valence-corrected chi connectivity index (χ1v) is 5.94. The Morgan fingerprint density at radius 3 is 3.00 bits per heavy atom. The molecule has 0 bridgehead atoms. The zero-order valence-electron chi connectivity index (χ0n) is 8.46. The van der Waals surface area contributed by atoms with Crippen LogP contribution in [-0.2, 0) is 6.42 Å². The van der Waals surface area contributed by atoms with Crippen molar-refractivity contribution in [2.75, 3.05) is 6.54 Å². The number of unbranched alkanes of at least 4 members (excludes halogenated alkanes) is 1. The minimum Gasteiger partial charge on any atom is -0.330 e. The molecule has 0 amide bonds. The van der Waals surface area contributed by atoms with E-state index in [9.17, 15) is 0 Å². The fourth-order valence-corrected chi connectivity index (χ4v) is 2.14. The number of aromatic amines is 1. The normalized spacial score (nSPS) is 11.1. The van der Waals surface area contributed by atoms with Crippen LogP contribution in [0.1, 0.15) is 18.4 Å². The highest BCUT2D eigenvalue weighted by Gasteiger charge is 2.06. The van der Waals surface area contributed by atoms with Gasteiger partial charge < -0.3 is 5.73 Å². The third-order valence-electron chi connectivity index (χ3n) is 2.52. The summed E-state index contributed by atoms with van der Waals surface area (Å²) in [6.07, 6.45) is 3.24. The molecule has 0 aliphatic heterocycles. The molecule has 4 heteroatoms. The Balaban J connectivity index is 2.26. The van der Waals surface area contributed by atoms with Crippen LogP contribution in [-0.4, -0.2) is 16.7 Å². The van der Waals surface area contributed by atoms with Crippen molar-refractivity contribution < 1.29 is 0 Å². The maximum Gasteiger partial charge on any atom is 0.108 e. The minimum absolute atomic E-state index is 0.764. The Morgan fingerprint density at radius 1 is 1.33 bits per heavy atom. The van der Waals surface area contributed by atoms with Crippen molar-refractivity contribution in [3.63, 3.8) is 0 Å². The lowest BCUT2D eigenvalue weighted by molar-refractivity contribution is 0.746. The topological polar surface area (TPSA) is 54.7 Å². The van der Waals surface area contributed by atoms with Crippen molar-refractivity contribution in [3.05, 3.63) is 28.4 Å². The Bertz CT molecular complexity index is 450. The van der Waals surface area contributed by atoms with E-state index in [-0.39, 0.29) is 0 Å². The number of fused-ring (bicyclic) bond motifs is 1. The number of nitrogens with two attached hydrogens (primary N) is 1. The smallest absolute Gasteiger partial charge is 0.108 e. The maximum atomic E-state index is 5.48. The molecule has 0 spiro atoms. The molecule has 0 aliphatic rings. The molecule has 3 nitrogen and oxygen atoms in total. The van der Waals surface area contributed by atoms with E-state index in [1.165, 1.54) is 5.56 Å². The molecule has 0 atom stereocenters. The number of aromatic nitrogens is 2. The summed E-state index contributed by atoms with van der Waals surface area (Å²) in [7, 11) is 0. The van der Waals surface area contributed by atoms with Crippen LogP contribution in [0.5, 0.6) is 0 Å². The number of halogens is 1. The number of benzene rings is 1. The first-order chi connectivity index (χ1) is 7.33. The summed E-state index contributed by atoms with van der Waals surface area (Å²) in [5, 5.41) is 8.40. The molecule has 0 saturated heterocycles. The van der Waals surface area contributed by atoms with Crippen LogP contribution in [0.15, 0.2) is 22.8 Å². The van der Waals surface area contributed by atoms with Crippen molar-refractivity contribution in [1.29, 1.82) is 0 Å². The maximum absolute atomic E-state index is 5.48. The molecule has 2 rings (SSSR count). The molecule has 1 aromatic carbocycles. The van der Waals surface area contributed by atoms with Crippen molar-refractivity contribution in [1.82, 2.24) is 10.2 Å². The van der Waals surface area contributed by atoms with E-state index >= 15 is 0 Å². The first kappa shape index (κ1) is 10.6. The fourth-order valence-electron chi connectivity index (χ4n) is 1.73. The second kappa shape index (κ2) is 4.77. The summed E-state index contributed by atoms with van der Waals surface area (Å²) in [6.45, 7) is 0.764. The van der Waals surface area contributed by atoms with E-state index in [4.69, 9.17) is 5.73 Å². The Kier molecular flexibility index (Phi) is 3.38. The molecule has 0 saturated carbocycles. The summed E-state index contributed by atoms with van der Waals surface area (Å²) in [4.78, 5) is 0. The van der Waals surface area contributed by atoms with Crippen molar-refractivity contribution in [2.45, 2.75) is 19.3 Å². The monoisotopic (exact) mass is 267 g/mol. The third-order valence-corrected chi connectivity index (χ3v) is 3.13. The number of para-hydroxylation sites is 1. The molecule has 15 heavy (non-hydrogen) atoms. The summed E-state index contributed by atoms with van der Waals surface area (Å²) >= 11 is 3.44. The standard InChI is InChI=1S/C11H14BrN3/c12-11-9-6-3-5-8(4-1-2-7-13)10(9)14-15-11/h3,5-6H,1-2,4,7,13H2,(H,14,15). The molecule has 3 N–H and O–H groups in total. The van der Waals surface area contributed by atoms with Gasteiger partial charge in [-0.15, -0.1) is 0 Å². The second-order valence-electron chi connectivity index (χ2n) is 3.60. The van der Waals surface area contributed by atoms with Crippen LogP contribution in [0, 0.1) is 0 Å². The van der Waals surface area contributed by atoms with E-state index in [0.717, 1.165) is 41.3 Å². The van der Waals surface area contributed by atoms with E-state index < -0.39 is 0 Å². The summed E-state index contributed by atoms with van der Waals surface area (Å²) < 4.78 is 0.957. The second-order valence-corrected chi connectivity index (χ2v) is 4.39. The minimum atomic E-state index is 0.764. The fraction of sp³-hybridized carbons (Fsp3) is 0.364. The van der Waals surface area contributed by atoms with Gasteiger partial charge in [0.1, 0.15) is 4.60 Å². The van der Waals surface area contributed by atoms with Gasteiger partial charge in [0.2, 0.25) is 0 Å². The molecule has 0 fully saturated rings. The van der Waals surface area contributed by atoms with E-state index in [0.29, 0.717) is 0 Å². The lowest BCUT2D eigenvalue weighted by Crippen LogP contribution is -1.99. The Morgan fingerprint density at radius 2 is 2.20 bits per heavy atom. The van der Waals surface area contributed by atoms with Crippen LogP contribution in [0.4, 0.5) is 0 Å². The van der Waals surface area contributed by atoms with Gasteiger partial charge in [-0.3, -0.25) is 5.10 Å². The zero-order valence-corrected chi connectivity index (χ0v) is 10.0. The highest BCUT2D eigenvalue weighted by Crippen LogP contribution is 2.24. The van der Waals surface area contributed by atoms with Gasteiger partial charge in [-0.05, 0) is 47.3 Å². The summed E-state index contributed by atoms with van der Waals surface area (Å²) in [6, 6.07) is 6.27. The van der Waals surface area contributed by atoms with Crippen molar-refractivity contribution in [3.8, 4) is 0 Å². The van der Waals surface area contributed by atoms with Crippen molar-refractivity contribution in [2.24, 2.45) is 5.73 Å². The number of rotatable bonds is 4. The van der Waals surface area contributed by atoms with Gasteiger partial charge in [0.25, 0.3) is 0 Å². The van der Waals surface area contributed by atoms with Gasteiger partial charge in [-0.25, -0.2) is 0 Å². The van der Waals surface area contributed by atoms with Gasteiger partial charge in [0, 0.05) is 5.39 Å². The van der Waals surface area contributed by atoms with Crippen LogP contribution >= 0.6 is 15.9 Å². The highest BCUT2D eigenvalue weighted by molar-refractivity contribution is 9.10. The molecule has 80 valence electrons. The largest absolute Gasteiger partial charge is 0.330 e. The average Bonchev–Trinajstić information content (AvgIpc) is 2.62. The van der Waals surface area contributed by atoms with Crippen LogP contribution in [0.25, 0.3) is 10.9 Å². The van der Waals surface area contributed by atoms with Gasteiger partial charge in [0.15, 0.2) is 0 Å². The van der Waals surface area contributed by atoms with Gasteiger partial charge in [-0.1, -0.05) is 18.2 Å². The van der Waals surface area contributed by atoms with Crippen LogP contribution in [0.2, 0.25) is 0 Å². The number of H-pyrrole nitrogens is 1. The number of aryl methyl sites for hydroxylation is 1. The molecular formula is C11H14BrN3. The number of nitrogens with zero attached hydrogens (tertiary/aromatic N) is 1. The molecule has 0 unspecified atom stereocenters. The molecule has 0 radical (unpaired) electrons. The van der Waals surface area contributed by atoms with E-state index in [2.05, 4.69) is 44.3 Å². The Labute approximate surface area is 97.2 Å². The van der Waals surface area contributed by atoms with Crippen LogP contribution < -0.4 is 5.73 Å². The number of hydrogen-bond acceptors (Lipinski definition) is 2. The summed E-state index contributed by atoms with van der Waals surface area (Å²) in [5.41, 5.74) is 7.85. The summed E-state index contributed by atoms with van der Waals surface area (Å²) in [5.74, 6) is 0. The SMILES string of the molecule is NCCCCc1cccc2c(Br)[nH]nc12. The first-order valence-electron chi connectivity index (χ1n) is 5.14. The predicted octanol–water partition coefficient (Wildman–Crippen LogP) is 2.61. The number of nitrogens with one attached hydrogen (secondary N) is 1. The third kappa shape index (κ3) is 2.21. The average molecular weight is 268 g/mol.